The first-order valence-electron chi connectivity index (χ1n) is 11.6. The monoisotopic (exact) mass is 466 g/mol. The van der Waals surface area contributed by atoms with E-state index in [-0.39, 0.29) is 25.7 Å². The van der Waals surface area contributed by atoms with Crippen LogP contribution in [0.2, 0.25) is 0 Å². The fourth-order valence-electron chi connectivity index (χ4n) is 5.12. The van der Waals surface area contributed by atoms with Crippen LogP contribution in [0.25, 0.3) is 11.1 Å². The maximum absolute atomic E-state index is 13.4. The highest BCUT2D eigenvalue weighted by Gasteiger charge is 2.45. The number of benzene rings is 2. The number of hydrogen-bond donors (Lipinski definition) is 2. The highest BCUT2D eigenvalue weighted by molar-refractivity contribution is 5.92. The number of rotatable bonds is 9. The molecule has 2 amide bonds. The van der Waals surface area contributed by atoms with Crippen molar-refractivity contribution < 1.29 is 29.0 Å². The Labute approximate surface area is 198 Å². The Morgan fingerprint density at radius 1 is 1.03 bits per heavy atom. The molecule has 0 bridgehead atoms. The molecule has 0 spiro atoms. The summed E-state index contributed by atoms with van der Waals surface area (Å²) >= 11 is 0. The maximum atomic E-state index is 13.4. The SMILES string of the molecule is COCCN(CC(=O)O)C(=O)C1(NC(=O)OCC2c3ccccc3-c3ccccc32)CCCC1. The molecule has 2 N–H and O–H groups in total. The van der Waals surface area contributed by atoms with Crippen molar-refractivity contribution in [3.8, 4) is 11.1 Å². The lowest BCUT2D eigenvalue weighted by atomic mass is 9.95. The van der Waals surface area contributed by atoms with Crippen LogP contribution in [0.3, 0.4) is 0 Å². The van der Waals surface area contributed by atoms with E-state index in [0.717, 1.165) is 35.1 Å². The van der Waals surface area contributed by atoms with Crippen LogP contribution in [-0.2, 0) is 19.1 Å². The van der Waals surface area contributed by atoms with Crippen LogP contribution >= 0.6 is 0 Å². The smallest absolute Gasteiger partial charge is 0.408 e. The van der Waals surface area contributed by atoms with Gasteiger partial charge in [0.1, 0.15) is 18.7 Å². The van der Waals surface area contributed by atoms with Crippen LogP contribution in [0.4, 0.5) is 4.79 Å². The summed E-state index contributed by atoms with van der Waals surface area (Å²) < 4.78 is 10.7. The Kier molecular flexibility index (Phi) is 7.17. The highest BCUT2D eigenvalue weighted by Crippen LogP contribution is 2.44. The van der Waals surface area contributed by atoms with E-state index in [1.54, 1.807) is 0 Å². The Hall–Kier alpha value is -3.39. The van der Waals surface area contributed by atoms with Crippen molar-refractivity contribution in [2.24, 2.45) is 0 Å². The van der Waals surface area contributed by atoms with Crippen LogP contribution in [0.5, 0.6) is 0 Å². The van der Waals surface area contributed by atoms with Gasteiger partial charge in [-0.05, 0) is 35.1 Å². The van der Waals surface area contributed by atoms with E-state index < -0.39 is 30.1 Å². The first kappa shape index (κ1) is 23.8. The number of carboxylic acids is 1. The first-order chi connectivity index (χ1) is 16.4. The van der Waals surface area contributed by atoms with Gasteiger partial charge in [0, 0.05) is 19.6 Å². The molecule has 0 aliphatic heterocycles. The molecule has 4 rings (SSSR count). The molecule has 1 saturated carbocycles. The van der Waals surface area contributed by atoms with Gasteiger partial charge in [0.15, 0.2) is 0 Å². The first-order valence-corrected chi connectivity index (χ1v) is 11.6. The van der Waals surface area contributed by atoms with Gasteiger partial charge in [-0.1, -0.05) is 61.4 Å². The number of amides is 2. The third-order valence-corrected chi connectivity index (χ3v) is 6.73. The number of hydrogen-bond acceptors (Lipinski definition) is 5. The average Bonchev–Trinajstić information content (AvgIpc) is 3.43. The minimum Gasteiger partial charge on any atom is -0.480 e. The zero-order chi connectivity index (χ0) is 24.1. The molecule has 2 aliphatic carbocycles. The van der Waals surface area contributed by atoms with Crippen LogP contribution < -0.4 is 5.32 Å². The van der Waals surface area contributed by atoms with Gasteiger partial charge < -0.3 is 24.8 Å². The number of methoxy groups -OCH3 is 1. The summed E-state index contributed by atoms with van der Waals surface area (Å²) in [7, 11) is 1.49. The Morgan fingerprint density at radius 2 is 1.62 bits per heavy atom. The van der Waals surface area contributed by atoms with E-state index >= 15 is 0 Å². The van der Waals surface area contributed by atoms with Gasteiger partial charge in [0.05, 0.1) is 6.61 Å². The zero-order valence-corrected chi connectivity index (χ0v) is 19.3. The van der Waals surface area contributed by atoms with Crippen molar-refractivity contribution in [2.75, 3.05) is 33.4 Å². The van der Waals surface area contributed by atoms with Gasteiger partial charge in [0.25, 0.3) is 0 Å². The number of carbonyl (C=O) groups excluding carboxylic acids is 2. The summed E-state index contributed by atoms with van der Waals surface area (Å²) in [6, 6.07) is 16.2. The molecule has 1 fully saturated rings. The van der Waals surface area contributed by atoms with Crippen molar-refractivity contribution in [3.05, 3.63) is 59.7 Å². The lowest BCUT2D eigenvalue weighted by molar-refractivity contribution is -0.148. The second kappa shape index (κ2) is 10.3. The van der Waals surface area contributed by atoms with Crippen LogP contribution in [0, 0.1) is 0 Å². The van der Waals surface area contributed by atoms with E-state index in [2.05, 4.69) is 17.4 Å². The molecule has 2 aromatic rings. The second-order valence-electron chi connectivity index (χ2n) is 8.85. The Morgan fingerprint density at radius 3 is 2.18 bits per heavy atom. The van der Waals surface area contributed by atoms with Crippen LogP contribution in [0.1, 0.15) is 42.7 Å². The summed E-state index contributed by atoms with van der Waals surface area (Å²) in [6.45, 7) is 0.0404. The van der Waals surface area contributed by atoms with E-state index in [9.17, 15) is 19.5 Å². The summed E-state index contributed by atoms with van der Waals surface area (Å²) in [5.74, 6) is -1.60. The van der Waals surface area contributed by atoms with Crippen molar-refractivity contribution in [1.82, 2.24) is 10.2 Å². The van der Waals surface area contributed by atoms with E-state index in [0.29, 0.717) is 12.8 Å². The van der Waals surface area contributed by atoms with Crippen LogP contribution in [-0.4, -0.2) is 66.9 Å². The topological polar surface area (TPSA) is 105 Å². The average molecular weight is 467 g/mol. The number of aliphatic carboxylic acids is 1. The fraction of sp³-hybridized carbons (Fsp3) is 0.423. The molecule has 0 unspecified atom stereocenters. The number of ether oxygens (including phenoxy) is 2. The molecular weight excluding hydrogens is 436 g/mol. The molecular formula is C26H30N2O6. The fourth-order valence-corrected chi connectivity index (χ4v) is 5.12. The molecule has 34 heavy (non-hydrogen) atoms. The number of fused-ring (bicyclic) bond motifs is 3. The molecule has 2 aliphatic rings. The molecule has 8 heteroatoms. The Balaban J connectivity index is 1.47. The van der Waals surface area contributed by atoms with Gasteiger partial charge >= 0.3 is 12.1 Å². The van der Waals surface area contributed by atoms with Crippen molar-refractivity contribution in [2.45, 2.75) is 37.1 Å². The number of alkyl carbamates (subject to hydrolysis) is 1. The van der Waals surface area contributed by atoms with Gasteiger partial charge in [-0.25, -0.2) is 4.79 Å². The zero-order valence-electron chi connectivity index (χ0n) is 19.3. The molecule has 0 atom stereocenters. The normalized spacial score (nSPS) is 15.9. The highest BCUT2D eigenvalue weighted by atomic mass is 16.5. The molecule has 0 saturated heterocycles. The minimum atomic E-state index is -1.16. The van der Waals surface area contributed by atoms with E-state index in [1.807, 2.05) is 36.4 Å². The number of nitrogens with one attached hydrogen (secondary N) is 1. The molecule has 2 aromatic carbocycles. The quantitative estimate of drug-likeness (QED) is 0.587. The number of carbonyl (C=O) groups is 3. The lowest BCUT2D eigenvalue weighted by Crippen LogP contribution is -2.59. The summed E-state index contributed by atoms with van der Waals surface area (Å²) in [5.41, 5.74) is 3.32. The van der Waals surface area contributed by atoms with Crippen LogP contribution in [0.15, 0.2) is 48.5 Å². The van der Waals surface area contributed by atoms with Crippen molar-refractivity contribution in [1.29, 1.82) is 0 Å². The predicted molar refractivity (Wildman–Crippen MR) is 125 cm³/mol. The minimum absolute atomic E-state index is 0.0846. The molecule has 0 aromatic heterocycles. The third kappa shape index (κ3) is 4.77. The Bertz CT molecular complexity index is 1020. The second-order valence-corrected chi connectivity index (χ2v) is 8.85. The van der Waals surface area contributed by atoms with Crippen molar-refractivity contribution >= 4 is 18.0 Å². The summed E-state index contributed by atoms with van der Waals surface area (Å²) in [5, 5.41) is 12.1. The van der Waals surface area contributed by atoms with E-state index in [4.69, 9.17) is 9.47 Å². The van der Waals surface area contributed by atoms with Gasteiger partial charge in [0.2, 0.25) is 5.91 Å². The van der Waals surface area contributed by atoms with Gasteiger partial charge in [-0.15, -0.1) is 0 Å². The van der Waals surface area contributed by atoms with Gasteiger partial charge in [-0.2, -0.15) is 0 Å². The maximum Gasteiger partial charge on any atom is 0.408 e. The summed E-state index contributed by atoms with van der Waals surface area (Å²) in [6.07, 6.45) is 1.75. The largest absolute Gasteiger partial charge is 0.480 e. The predicted octanol–water partition coefficient (Wildman–Crippen LogP) is 3.40. The van der Waals surface area contributed by atoms with E-state index in [1.165, 1.54) is 12.0 Å². The molecule has 8 nitrogen and oxygen atoms in total. The number of carboxylic acid groups (broad SMARTS) is 1. The molecule has 0 heterocycles. The molecule has 0 radical (unpaired) electrons. The summed E-state index contributed by atoms with van der Waals surface area (Å²) in [4.78, 5) is 38.8. The number of nitrogens with zero attached hydrogens (tertiary/aromatic N) is 1. The van der Waals surface area contributed by atoms with Gasteiger partial charge in [-0.3, -0.25) is 9.59 Å². The standard InChI is InChI=1S/C26H30N2O6/c1-33-15-14-28(16-23(29)30)24(31)26(12-6-7-13-26)27-25(32)34-17-22-20-10-4-2-8-18(20)19-9-3-5-11-21(19)22/h2-5,8-11,22H,6-7,12-17H2,1H3,(H,27,32)(H,29,30). The lowest BCUT2D eigenvalue weighted by Gasteiger charge is -2.34. The molecule has 180 valence electrons. The van der Waals surface area contributed by atoms with Crippen molar-refractivity contribution in [3.63, 3.8) is 0 Å². The third-order valence-electron chi connectivity index (χ3n) is 6.73.